The van der Waals surface area contributed by atoms with Crippen molar-refractivity contribution in [3.05, 3.63) is 59.2 Å². The Kier molecular flexibility index (Phi) is 13.8. The van der Waals surface area contributed by atoms with Gasteiger partial charge in [0.15, 0.2) is 0 Å². The lowest BCUT2D eigenvalue weighted by molar-refractivity contribution is 0.0693. The quantitative estimate of drug-likeness (QED) is 0.137. The van der Waals surface area contributed by atoms with Gasteiger partial charge in [0.25, 0.3) is 0 Å². The van der Waals surface area contributed by atoms with Crippen LogP contribution in [0.25, 0.3) is 0 Å². The highest BCUT2D eigenvalue weighted by molar-refractivity contribution is 7.99. The average Bonchev–Trinajstić information content (AvgIpc) is 2.85. The van der Waals surface area contributed by atoms with Crippen LogP contribution in [0, 0.1) is 17.8 Å². The maximum absolute atomic E-state index is 11.5. The molecule has 210 valence electrons. The summed E-state index contributed by atoms with van der Waals surface area (Å²) < 4.78 is 0. The number of rotatable bonds is 17. The van der Waals surface area contributed by atoms with E-state index >= 15 is 0 Å². The Balaban J connectivity index is 1.82. The lowest BCUT2D eigenvalue weighted by atomic mass is 9.91. The number of phenolic OH excluding ortho intramolecular Hbond substituents is 2. The van der Waals surface area contributed by atoms with Gasteiger partial charge in [-0.1, -0.05) is 108 Å². The Morgan fingerprint density at radius 1 is 0.868 bits per heavy atom. The minimum Gasteiger partial charge on any atom is -0.508 e. The Hall–Kier alpha value is -2.40. The van der Waals surface area contributed by atoms with E-state index in [-0.39, 0.29) is 17.1 Å². The van der Waals surface area contributed by atoms with Crippen LogP contribution in [0.3, 0.4) is 0 Å². The molecular weight excluding hydrogens is 492 g/mol. The van der Waals surface area contributed by atoms with Crippen LogP contribution in [0.1, 0.15) is 108 Å². The van der Waals surface area contributed by atoms with Crippen LogP contribution in [0.4, 0.5) is 0 Å². The first-order chi connectivity index (χ1) is 18.1. The number of hydrogen-bond acceptors (Lipinski definition) is 4. The molecule has 0 fully saturated rings. The minimum atomic E-state index is -1.02. The van der Waals surface area contributed by atoms with E-state index in [1.807, 2.05) is 0 Å². The number of allylic oxidation sites excluding steroid dienone is 2. The number of aromatic hydroxyl groups is 2. The molecule has 0 saturated carbocycles. The molecule has 0 aliphatic heterocycles. The van der Waals surface area contributed by atoms with E-state index in [0.29, 0.717) is 21.8 Å². The molecule has 2 aromatic carbocycles. The molecule has 2 unspecified atom stereocenters. The number of carbonyl (C=O) groups is 1. The Morgan fingerprint density at radius 2 is 1.47 bits per heavy atom. The van der Waals surface area contributed by atoms with Gasteiger partial charge in [0.05, 0.1) is 10.5 Å². The van der Waals surface area contributed by atoms with Crippen LogP contribution in [0.15, 0.2) is 57.8 Å². The summed E-state index contributed by atoms with van der Waals surface area (Å²) >= 11 is 1.15. The summed E-state index contributed by atoms with van der Waals surface area (Å²) in [7, 11) is 0. The highest BCUT2D eigenvalue weighted by Gasteiger charge is 2.15. The molecule has 2 atom stereocenters. The van der Waals surface area contributed by atoms with Gasteiger partial charge in [0.1, 0.15) is 11.5 Å². The third kappa shape index (κ3) is 11.6. The van der Waals surface area contributed by atoms with E-state index < -0.39 is 5.97 Å². The summed E-state index contributed by atoms with van der Waals surface area (Å²) in [6.07, 6.45) is 14.1. The van der Waals surface area contributed by atoms with Gasteiger partial charge in [-0.25, -0.2) is 4.79 Å². The fourth-order valence-electron chi connectivity index (χ4n) is 4.83. The van der Waals surface area contributed by atoms with Crippen LogP contribution in [0.5, 0.6) is 11.5 Å². The summed E-state index contributed by atoms with van der Waals surface area (Å²) in [5.74, 6) is 1.52. The van der Waals surface area contributed by atoms with Crippen LogP contribution in [-0.4, -0.2) is 21.3 Å². The van der Waals surface area contributed by atoms with Crippen LogP contribution in [0.2, 0.25) is 0 Å². The van der Waals surface area contributed by atoms with Crippen molar-refractivity contribution >= 4 is 17.7 Å². The van der Waals surface area contributed by atoms with Gasteiger partial charge in [-0.2, -0.15) is 0 Å². The second kappa shape index (κ2) is 16.5. The first-order valence-corrected chi connectivity index (χ1v) is 15.1. The molecule has 0 radical (unpaired) electrons. The molecule has 2 rings (SSSR count). The van der Waals surface area contributed by atoms with Crippen molar-refractivity contribution in [1.82, 2.24) is 0 Å². The SMILES string of the molecule is C/C(=C\Cc1cc(O)cc(Sc2ccccc2C(=O)O)c1O)CCCC(C)CCCC(C)CCCC(C)C. The molecular formula is C33H48O4S. The molecule has 0 aliphatic rings. The first kappa shape index (κ1) is 31.8. The van der Waals surface area contributed by atoms with Crippen molar-refractivity contribution in [2.45, 2.75) is 109 Å². The molecule has 0 spiro atoms. The molecule has 0 aromatic heterocycles. The third-order valence-electron chi connectivity index (χ3n) is 7.29. The van der Waals surface area contributed by atoms with Crippen molar-refractivity contribution in [3.8, 4) is 11.5 Å². The molecule has 0 saturated heterocycles. The van der Waals surface area contributed by atoms with Crippen molar-refractivity contribution in [2.75, 3.05) is 0 Å². The summed E-state index contributed by atoms with van der Waals surface area (Å²) in [5, 5.41) is 30.5. The van der Waals surface area contributed by atoms with Crippen LogP contribution >= 0.6 is 11.8 Å². The predicted octanol–water partition coefficient (Wildman–Crippen LogP) is 9.88. The molecule has 0 heterocycles. The van der Waals surface area contributed by atoms with Crippen molar-refractivity contribution < 1.29 is 20.1 Å². The van der Waals surface area contributed by atoms with Gasteiger partial charge in [-0.3, -0.25) is 0 Å². The molecule has 5 heteroatoms. The Labute approximate surface area is 234 Å². The van der Waals surface area contributed by atoms with Gasteiger partial charge in [-0.15, -0.1) is 0 Å². The van der Waals surface area contributed by atoms with Crippen LogP contribution in [-0.2, 0) is 6.42 Å². The van der Waals surface area contributed by atoms with E-state index in [0.717, 1.165) is 42.4 Å². The number of hydrogen-bond donors (Lipinski definition) is 3. The molecule has 2 aromatic rings. The summed E-state index contributed by atoms with van der Waals surface area (Å²) in [4.78, 5) is 12.5. The standard InChI is InChI=1S/C33H48O4S/c1-23(2)11-8-12-24(3)13-9-14-25(4)15-10-16-26(5)19-20-27-21-28(34)22-31(32(27)35)38-30-18-7-6-17-29(30)33(36)37/h6-7,17-19,21-25,34-35H,8-16,20H2,1-5H3,(H,36,37)/b26-19+. The second-order valence-electron chi connectivity index (χ2n) is 11.5. The maximum Gasteiger partial charge on any atom is 0.336 e. The average molecular weight is 541 g/mol. The summed E-state index contributed by atoms with van der Waals surface area (Å²) in [6.45, 7) is 11.5. The van der Waals surface area contributed by atoms with Gasteiger partial charge in [0.2, 0.25) is 0 Å². The topological polar surface area (TPSA) is 77.8 Å². The normalized spacial score (nSPS) is 13.6. The number of carboxylic acid groups (broad SMARTS) is 1. The zero-order chi connectivity index (χ0) is 28.1. The van der Waals surface area contributed by atoms with E-state index in [1.165, 1.54) is 62.7 Å². The molecule has 0 amide bonds. The predicted molar refractivity (Wildman–Crippen MR) is 159 cm³/mol. The maximum atomic E-state index is 11.5. The van der Waals surface area contributed by atoms with Gasteiger partial charge in [-0.05, 0) is 68.2 Å². The molecule has 38 heavy (non-hydrogen) atoms. The molecule has 4 nitrogen and oxygen atoms in total. The third-order valence-corrected chi connectivity index (χ3v) is 8.39. The van der Waals surface area contributed by atoms with Gasteiger partial charge >= 0.3 is 5.97 Å². The second-order valence-corrected chi connectivity index (χ2v) is 12.6. The lowest BCUT2D eigenvalue weighted by Gasteiger charge is -2.15. The highest BCUT2D eigenvalue weighted by atomic mass is 32.2. The molecule has 0 bridgehead atoms. The summed E-state index contributed by atoms with van der Waals surface area (Å²) in [6, 6.07) is 9.74. The fraction of sp³-hybridized carbons (Fsp3) is 0.545. The number of benzene rings is 2. The van der Waals surface area contributed by atoms with Crippen molar-refractivity contribution in [2.24, 2.45) is 17.8 Å². The zero-order valence-corrected chi connectivity index (χ0v) is 24.8. The largest absolute Gasteiger partial charge is 0.508 e. The van der Waals surface area contributed by atoms with E-state index in [4.69, 9.17) is 0 Å². The van der Waals surface area contributed by atoms with Gasteiger partial charge < -0.3 is 15.3 Å². The van der Waals surface area contributed by atoms with Crippen LogP contribution < -0.4 is 0 Å². The Morgan fingerprint density at radius 3 is 2.11 bits per heavy atom. The van der Waals surface area contributed by atoms with Crippen molar-refractivity contribution in [1.29, 1.82) is 0 Å². The summed E-state index contributed by atoms with van der Waals surface area (Å²) in [5.41, 5.74) is 2.09. The fourth-order valence-corrected chi connectivity index (χ4v) is 5.88. The smallest absolute Gasteiger partial charge is 0.336 e. The number of phenols is 2. The number of carboxylic acids is 1. The van der Waals surface area contributed by atoms with E-state index in [2.05, 4.69) is 40.7 Å². The van der Waals surface area contributed by atoms with E-state index in [9.17, 15) is 20.1 Å². The minimum absolute atomic E-state index is 0.0576. The Bertz CT molecular complexity index is 1040. The first-order valence-electron chi connectivity index (χ1n) is 14.3. The zero-order valence-electron chi connectivity index (χ0n) is 24.0. The van der Waals surface area contributed by atoms with Gasteiger partial charge in [0, 0.05) is 10.5 Å². The highest BCUT2D eigenvalue weighted by Crippen LogP contribution is 2.40. The number of aromatic carboxylic acids is 1. The van der Waals surface area contributed by atoms with E-state index in [1.54, 1.807) is 24.3 Å². The van der Waals surface area contributed by atoms with Crippen molar-refractivity contribution in [3.63, 3.8) is 0 Å². The molecule has 3 N–H and O–H groups in total. The monoisotopic (exact) mass is 540 g/mol. The molecule has 0 aliphatic carbocycles. The lowest BCUT2D eigenvalue weighted by Crippen LogP contribution is -2.00.